The quantitative estimate of drug-likeness (QED) is 0.554. The van der Waals surface area contributed by atoms with Gasteiger partial charge in [0.2, 0.25) is 11.1 Å². The van der Waals surface area contributed by atoms with Gasteiger partial charge in [0.25, 0.3) is 0 Å². The first kappa shape index (κ1) is 19.6. The highest BCUT2D eigenvalue weighted by Gasteiger charge is 2.33. The smallest absolute Gasteiger partial charge is 0.233 e. The molecule has 1 saturated heterocycles. The van der Waals surface area contributed by atoms with Crippen LogP contribution < -0.4 is 5.84 Å². The fourth-order valence-electron chi connectivity index (χ4n) is 3.07. The van der Waals surface area contributed by atoms with E-state index < -0.39 is 15.7 Å². The maximum atomic E-state index is 13.9. The first-order valence-corrected chi connectivity index (χ1v) is 11.2. The minimum atomic E-state index is -3.07. The van der Waals surface area contributed by atoms with Gasteiger partial charge in [0.15, 0.2) is 15.7 Å². The number of sulfone groups is 1. The predicted molar refractivity (Wildman–Crippen MR) is 101 cm³/mol. The number of hydrogen-bond donors (Lipinski definition) is 1. The lowest BCUT2D eigenvalue weighted by Gasteiger charge is -2.26. The molecule has 3 rings (SSSR count). The first-order valence-electron chi connectivity index (χ1n) is 8.40. The Bertz CT molecular complexity index is 947. The number of nitrogens with two attached hydrogens (primary N) is 1. The molecule has 0 saturated carbocycles. The van der Waals surface area contributed by atoms with E-state index in [1.165, 1.54) is 6.07 Å². The van der Waals surface area contributed by atoms with E-state index in [0.717, 1.165) is 16.4 Å². The third kappa shape index (κ3) is 4.24. The Hall–Kier alpha value is -2.14. The van der Waals surface area contributed by atoms with Crippen LogP contribution >= 0.6 is 11.8 Å². The van der Waals surface area contributed by atoms with E-state index in [2.05, 4.69) is 10.2 Å². The van der Waals surface area contributed by atoms with Gasteiger partial charge in [-0.1, -0.05) is 23.9 Å². The molecule has 1 amide bonds. The second-order valence-electron chi connectivity index (χ2n) is 6.18. The Kier molecular flexibility index (Phi) is 5.70. The van der Waals surface area contributed by atoms with Gasteiger partial charge in [-0.05, 0) is 25.5 Å². The molecule has 0 spiro atoms. The van der Waals surface area contributed by atoms with Crippen LogP contribution in [0.15, 0.2) is 29.4 Å². The molecular formula is C16H20FN5O3S2. The SMILES string of the molecule is CCN(C(=O)CSc1nnc(-c2ccccc2F)n1N)C1CCS(=O)(=O)C1. The molecule has 1 aliphatic heterocycles. The summed E-state index contributed by atoms with van der Waals surface area (Å²) in [6.07, 6.45) is 0.455. The summed E-state index contributed by atoms with van der Waals surface area (Å²) in [4.78, 5) is 14.1. The highest BCUT2D eigenvalue weighted by atomic mass is 32.2. The van der Waals surface area contributed by atoms with Crippen LogP contribution in [0.4, 0.5) is 4.39 Å². The van der Waals surface area contributed by atoms with Crippen molar-refractivity contribution in [1.29, 1.82) is 0 Å². The monoisotopic (exact) mass is 413 g/mol. The summed E-state index contributed by atoms with van der Waals surface area (Å²) in [7, 11) is -3.07. The minimum absolute atomic E-state index is 0.00174. The van der Waals surface area contributed by atoms with E-state index in [9.17, 15) is 17.6 Å². The molecule has 1 atom stereocenters. The van der Waals surface area contributed by atoms with Gasteiger partial charge < -0.3 is 10.7 Å². The summed E-state index contributed by atoms with van der Waals surface area (Å²) in [6, 6.07) is 5.78. The third-order valence-corrected chi connectivity index (χ3v) is 7.09. The molecule has 27 heavy (non-hydrogen) atoms. The van der Waals surface area contributed by atoms with Gasteiger partial charge >= 0.3 is 0 Å². The van der Waals surface area contributed by atoms with Gasteiger partial charge in [-0.25, -0.2) is 17.5 Å². The second kappa shape index (κ2) is 7.85. The topological polar surface area (TPSA) is 111 Å². The zero-order valence-electron chi connectivity index (χ0n) is 14.7. The number of amides is 1. The number of carbonyl (C=O) groups is 1. The average molecular weight is 414 g/mol. The average Bonchev–Trinajstić information content (AvgIpc) is 3.16. The molecule has 0 aliphatic carbocycles. The zero-order valence-corrected chi connectivity index (χ0v) is 16.3. The fourth-order valence-corrected chi connectivity index (χ4v) is 5.54. The molecule has 1 aliphatic rings. The first-order chi connectivity index (χ1) is 12.8. The van der Waals surface area contributed by atoms with Gasteiger partial charge in [0, 0.05) is 12.6 Å². The Morgan fingerprint density at radius 2 is 2.15 bits per heavy atom. The van der Waals surface area contributed by atoms with Crippen molar-refractivity contribution in [3.8, 4) is 11.4 Å². The molecule has 0 radical (unpaired) electrons. The van der Waals surface area contributed by atoms with Crippen molar-refractivity contribution in [1.82, 2.24) is 19.8 Å². The summed E-state index contributed by atoms with van der Waals surface area (Å²) in [5.41, 5.74) is 0.219. The number of nitrogen functional groups attached to an aromatic ring is 1. The van der Waals surface area contributed by atoms with Crippen LogP contribution in [0.2, 0.25) is 0 Å². The van der Waals surface area contributed by atoms with Crippen molar-refractivity contribution in [3.63, 3.8) is 0 Å². The Balaban J connectivity index is 1.68. The van der Waals surface area contributed by atoms with Gasteiger partial charge in [-0.15, -0.1) is 10.2 Å². The van der Waals surface area contributed by atoms with Crippen LogP contribution in [0.1, 0.15) is 13.3 Å². The summed E-state index contributed by atoms with van der Waals surface area (Å²) in [6.45, 7) is 2.24. The Morgan fingerprint density at radius 1 is 1.41 bits per heavy atom. The maximum absolute atomic E-state index is 13.9. The van der Waals surface area contributed by atoms with Crippen LogP contribution in [0.5, 0.6) is 0 Å². The summed E-state index contributed by atoms with van der Waals surface area (Å²) < 4.78 is 38.4. The molecule has 0 bridgehead atoms. The highest BCUT2D eigenvalue weighted by molar-refractivity contribution is 7.99. The normalized spacial score (nSPS) is 18.5. The van der Waals surface area contributed by atoms with Crippen LogP contribution in [-0.2, 0) is 14.6 Å². The molecule has 1 fully saturated rings. The molecule has 1 aromatic carbocycles. The van der Waals surface area contributed by atoms with Crippen molar-refractivity contribution < 1.29 is 17.6 Å². The lowest BCUT2D eigenvalue weighted by atomic mass is 10.2. The van der Waals surface area contributed by atoms with E-state index in [-0.39, 0.29) is 45.8 Å². The van der Waals surface area contributed by atoms with Gasteiger partial charge in [0.05, 0.1) is 22.8 Å². The lowest BCUT2D eigenvalue weighted by Crippen LogP contribution is -2.42. The number of nitrogens with zero attached hydrogens (tertiary/aromatic N) is 4. The Morgan fingerprint density at radius 3 is 2.78 bits per heavy atom. The molecule has 146 valence electrons. The summed E-state index contributed by atoms with van der Waals surface area (Å²) >= 11 is 1.08. The van der Waals surface area contributed by atoms with Crippen LogP contribution in [0.3, 0.4) is 0 Å². The van der Waals surface area contributed by atoms with Crippen LogP contribution in [-0.4, -0.2) is 63.9 Å². The number of aromatic nitrogens is 3. The van der Waals surface area contributed by atoms with E-state index >= 15 is 0 Å². The summed E-state index contributed by atoms with van der Waals surface area (Å²) in [5.74, 6) is 5.61. The van der Waals surface area contributed by atoms with Crippen molar-refractivity contribution in [2.45, 2.75) is 24.5 Å². The fraction of sp³-hybridized carbons (Fsp3) is 0.438. The van der Waals surface area contributed by atoms with Crippen molar-refractivity contribution in [2.75, 3.05) is 29.6 Å². The minimum Gasteiger partial charge on any atom is -0.338 e. The van der Waals surface area contributed by atoms with Gasteiger partial charge in [-0.2, -0.15) is 0 Å². The molecular weight excluding hydrogens is 393 g/mol. The molecule has 1 unspecified atom stereocenters. The number of benzene rings is 1. The third-order valence-electron chi connectivity index (χ3n) is 4.41. The van der Waals surface area contributed by atoms with Gasteiger partial charge in [-0.3, -0.25) is 4.79 Å². The molecule has 2 aromatic rings. The van der Waals surface area contributed by atoms with Crippen molar-refractivity contribution in [2.24, 2.45) is 0 Å². The number of thioether (sulfide) groups is 1. The largest absolute Gasteiger partial charge is 0.338 e. The predicted octanol–water partition coefficient (Wildman–Crippen LogP) is 0.926. The molecule has 11 heteroatoms. The molecule has 2 N–H and O–H groups in total. The van der Waals surface area contributed by atoms with Crippen LogP contribution in [0, 0.1) is 5.82 Å². The molecule has 8 nitrogen and oxygen atoms in total. The molecule has 2 heterocycles. The second-order valence-corrected chi connectivity index (χ2v) is 9.35. The van der Waals surface area contributed by atoms with Gasteiger partial charge in [0.1, 0.15) is 5.82 Å². The number of carbonyl (C=O) groups excluding carboxylic acids is 1. The van der Waals surface area contributed by atoms with Crippen molar-refractivity contribution in [3.05, 3.63) is 30.1 Å². The van der Waals surface area contributed by atoms with Crippen molar-refractivity contribution >= 4 is 27.5 Å². The molecule has 1 aromatic heterocycles. The lowest BCUT2D eigenvalue weighted by molar-refractivity contribution is -0.129. The standard InChI is InChI=1S/C16H20FN5O3S2/c1-2-21(11-7-8-27(24,25)10-11)14(23)9-26-16-20-19-15(22(16)18)12-5-3-4-6-13(12)17/h3-6,11H,2,7-10,18H2,1H3. The Labute approximate surface area is 160 Å². The van der Waals surface area contributed by atoms with E-state index in [1.54, 1.807) is 23.1 Å². The maximum Gasteiger partial charge on any atom is 0.233 e. The zero-order chi connectivity index (χ0) is 19.6. The number of rotatable bonds is 6. The summed E-state index contributed by atoms with van der Waals surface area (Å²) in [5, 5.41) is 8.11. The number of halogens is 1. The van der Waals surface area contributed by atoms with Crippen LogP contribution in [0.25, 0.3) is 11.4 Å². The van der Waals surface area contributed by atoms with E-state index in [0.29, 0.717) is 13.0 Å². The highest BCUT2D eigenvalue weighted by Crippen LogP contribution is 2.25. The van der Waals surface area contributed by atoms with E-state index in [4.69, 9.17) is 5.84 Å². The number of hydrogen-bond acceptors (Lipinski definition) is 7. The van der Waals surface area contributed by atoms with E-state index in [1.807, 2.05) is 6.92 Å².